The van der Waals surface area contributed by atoms with Gasteiger partial charge in [0.15, 0.2) is 0 Å². The standard InChI is InChI=1S/C20H18N6O/c27-20(26-7-3-5-19(26)15-4-1-2-6-21-15)18-8-13-10-22-16(9-17(13)25-18)14-11-23-24-12-14/h1-2,4,6,8-12,19,25H,3,5,7H2,(H,23,24)/t19-/m1/s1. The SMILES string of the molecule is O=C(c1cc2cnc(-c3cn[nH]c3)cc2[nH]1)N1CCC[C@@H]1c1ccccn1. The van der Waals surface area contributed by atoms with Crippen LogP contribution in [0.1, 0.15) is 35.1 Å². The second kappa shape index (κ2) is 6.35. The van der Waals surface area contributed by atoms with E-state index in [9.17, 15) is 4.79 Å². The minimum atomic E-state index is 0.00390. The molecule has 134 valence electrons. The van der Waals surface area contributed by atoms with Crippen LogP contribution in [-0.4, -0.2) is 42.5 Å². The average Bonchev–Trinajstić information content (AvgIpc) is 3.47. The lowest BCUT2D eigenvalue weighted by Crippen LogP contribution is -2.31. The molecule has 0 aliphatic carbocycles. The summed E-state index contributed by atoms with van der Waals surface area (Å²) in [5.74, 6) is 0.00390. The molecule has 1 amide bonds. The molecule has 1 fully saturated rings. The van der Waals surface area contributed by atoms with Crippen LogP contribution in [0.3, 0.4) is 0 Å². The Morgan fingerprint density at radius 2 is 2.15 bits per heavy atom. The summed E-state index contributed by atoms with van der Waals surface area (Å²) in [6.45, 7) is 0.744. The minimum absolute atomic E-state index is 0.00390. The number of aromatic amines is 2. The highest BCUT2D eigenvalue weighted by molar-refractivity contribution is 5.98. The normalized spacial score (nSPS) is 16.9. The molecule has 0 aromatic carbocycles. The number of hydrogen-bond acceptors (Lipinski definition) is 4. The fourth-order valence-electron chi connectivity index (χ4n) is 3.74. The third-order valence-electron chi connectivity index (χ3n) is 5.07. The van der Waals surface area contributed by atoms with Crippen molar-refractivity contribution in [3.05, 3.63) is 66.5 Å². The highest BCUT2D eigenvalue weighted by Gasteiger charge is 2.32. The van der Waals surface area contributed by atoms with Gasteiger partial charge in [0.1, 0.15) is 5.69 Å². The van der Waals surface area contributed by atoms with Crippen molar-refractivity contribution < 1.29 is 4.79 Å². The molecule has 2 N–H and O–H groups in total. The Bertz CT molecular complexity index is 1090. The van der Waals surface area contributed by atoms with Crippen LogP contribution in [0, 0.1) is 0 Å². The Balaban J connectivity index is 1.47. The fraction of sp³-hybridized carbons (Fsp3) is 0.200. The quantitative estimate of drug-likeness (QED) is 0.588. The topological polar surface area (TPSA) is 90.6 Å². The van der Waals surface area contributed by atoms with E-state index in [1.54, 1.807) is 24.8 Å². The lowest BCUT2D eigenvalue weighted by molar-refractivity contribution is 0.0728. The summed E-state index contributed by atoms with van der Waals surface area (Å²) < 4.78 is 0. The number of carbonyl (C=O) groups excluding carboxylic acids is 1. The van der Waals surface area contributed by atoms with E-state index in [2.05, 4.69) is 25.1 Å². The number of likely N-dealkylation sites (tertiary alicyclic amines) is 1. The molecule has 27 heavy (non-hydrogen) atoms. The number of nitrogens with one attached hydrogen (secondary N) is 2. The summed E-state index contributed by atoms with van der Waals surface area (Å²) >= 11 is 0. The van der Waals surface area contributed by atoms with E-state index >= 15 is 0 Å². The first-order valence-electron chi connectivity index (χ1n) is 8.99. The molecule has 1 saturated heterocycles. The van der Waals surface area contributed by atoms with E-state index in [-0.39, 0.29) is 11.9 Å². The Hall–Kier alpha value is -3.48. The van der Waals surface area contributed by atoms with Gasteiger partial charge in [-0.3, -0.25) is 19.9 Å². The molecule has 5 heterocycles. The van der Waals surface area contributed by atoms with Gasteiger partial charge >= 0.3 is 0 Å². The maximum Gasteiger partial charge on any atom is 0.270 e. The van der Waals surface area contributed by atoms with E-state index in [0.29, 0.717) is 5.69 Å². The molecule has 7 heteroatoms. The van der Waals surface area contributed by atoms with Crippen molar-refractivity contribution in [3.63, 3.8) is 0 Å². The van der Waals surface area contributed by atoms with Gasteiger partial charge in [-0.05, 0) is 37.1 Å². The molecular formula is C20H18N6O. The number of pyridine rings is 2. The van der Waals surface area contributed by atoms with Gasteiger partial charge in [0.2, 0.25) is 0 Å². The van der Waals surface area contributed by atoms with Gasteiger partial charge in [0.25, 0.3) is 5.91 Å². The van der Waals surface area contributed by atoms with Crippen LogP contribution in [0.15, 0.2) is 55.1 Å². The van der Waals surface area contributed by atoms with Gasteiger partial charge in [-0.15, -0.1) is 0 Å². The number of carbonyl (C=O) groups is 1. The number of amides is 1. The highest BCUT2D eigenvalue weighted by atomic mass is 16.2. The fourth-order valence-corrected chi connectivity index (χ4v) is 3.74. The molecular weight excluding hydrogens is 340 g/mol. The predicted molar refractivity (Wildman–Crippen MR) is 101 cm³/mol. The van der Waals surface area contributed by atoms with E-state index in [4.69, 9.17) is 0 Å². The Morgan fingerprint density at radius 1 is 1.19 bits per heavy atom. The molecule has 7 nitrogen and oxygen atoms in total. The summed E-state index contributed by atoms with van der Waals surface area (Å²) in [6, 6.07) is 9.70. The molecule has 0 radical (unpaired) electrons. The number of aromatic nitrogens is 5. The average molecular weight is 358 g/mol. The maximum absolute atomic E-state index is 13.1. The van der Waals surface area contributed by atoms with E-state index in [1.165, 1.54) is 0 Å². The Labute approximate surface area is 155 Å². The molecule has 0 unspecified atom stereocenters. The van der Waals surface area contributed by atoms with Gasteiger partial charge in [0.05, 0.1) is 23.6 Å². The van der Waals surface area contributed by atoms with Gasteiger partial charge in [-0.2, -0.15) is 5.10 Å². The Kier molecular flexibility index (Phi) is 3.71. The summed E-state index contributed by atoms with van der Waals surface area (Å²) in [7, 11) is 0. The van der Waals surface area contributed by atoms with Crippen molar-refractivity contribution in [2.24, 2.45) is 0 Å². The zero-order valence-corrected chi connectivity index (χ0v) is 14.6. The van der Waals surface area contributed by atoms with Crippen molar-refractivity contribution in [1.29, 1.82) is 0 Å². The van der Waals surface area contributed by atoms with E-state index in [0.717, 1.165) is 47.2 Å². The summed E-state index contributed by atoms with van der Waals surface area (Å²) in [6.07, 6.45) is 9.01. The number of fused-ring (bicyclic) bond motifs is 1. The second-order valence-corrected chi connectivity index (χ2v) is 6.74. The molecule has 1 atom stereocenters. The lowest BCUT2D eigenvalue weighted by atomic mass is 10.1. The zero-order valence-electron chi connectivity index (χ0n) is 14.6. The molecule has 0 spiro atoms. The Morgan fingerprint density at radius 3 is 2.96 bits per heavy atom. The lowest BCUT2D eigenvalue weighted by Gasteiger charge is -2.23. The van der Waals surface area contributed by atoms with Gasteiger partial charge in [-0.1, -0.05) is 6.07 Å². The summed E-state index contributed by atoms with van der Waals surface area (Å²) in [5, 5.41) is 7.67. The molecule has 5 rings (SSSR count). The molecule has 1 aliphatic rings. The molecule has 0 saturated carbocycles. The maximum atomic E-state index is 13.1. The van der Waals surface area contributed by atoms with Crippen LogP contribution in [0.5, 0.6) is 0 Å². The monoisotopic (exact) mass is 358 g/mol. The second-order valence-electron chi connectivity index (χ2n) is 6.74. The van der Waals surface area contributed by atoms with E-state index in [1.807, 2.05) is 35.2 Å². The van der Waals surface area contributed by atoms with Crippen LogP contribution >= 0.6 is 0 Å². The molecule has 4 aromatic rings. The molecule has 0 bridgehead atoms. The third kappa shape index (κ3) is 2.77. The molecule has 4 aromatic heterocycles. The van der Waals surface area contributed by atoms with Crippen molar-refractivity contribution in [1.82, 2.24) is 30.0 Å². The summed E-state index contributed by atoms with van der Waals surface area (Å²) in [4.78, 5) is 27.2. The van der Waals surface area contributed by atoms with Crippen LogP contribution in [0.25, 0.3) is 22.2 Å². The first-order chi connectivity index (χ1) is 13.3. The van der Waals surface area contributed by atoms with Gasteiger partial charge < -0.3 is 9.88 Å². The minimum Gasteiger partial charge on any atom is -0.350 e. The van der Waals surface area contributed by atoms with Gasteiger partial charge in [-0.25, -0.2) is 0 Å². The zero-order chi connectivity index (χ0) is 18.2. The van der Waals surface area contributed by atoms with Crippen molar-refractivity contribution in [2.45, 2.75) is 18.9 Å². The third-order valence-corrected chi connectivity index (χ3v) is 5.07. The van der Waals surface area contributed by atoms with E-state index < -0.39 is 0 Å². The van der Waals surface area contributed by atoms with Crippen molar-refractivity contribution in [2.75, 3.05) is 6.54 Å². The largest absolute Gasteiger partial charge is 0.350 e. The molecule has 1 aliphatic heterocycles. The predicted octanol–water partition coefficient (Wildman–Crippen LogP) is 3.33. The van der Waals surface area contributed by atoms with Crippen molar-refractivity contribution in [3.8, 4) is 11.3 Å². The van der Waals surface area contributed by atoms with Gasteiger partial charge in [0, 0.05) is 41.6 Å². The highest BCUT2D eigenvalue weighted by Crippen LogP contribution is 2.32. The number of hydrogen-bond donors (Lipinski definition) is 2. The number of H-pyrrole nitrogens is 2. The first kappa shape index (κ1) is 15.7. The van der Waals surface area contributed by atoms with Crippen LogP contribution in [0.2, 0.25) is 0 Å². The van der Waals surface area contributed by atoms with Crippen LogP contribution in [0.4, 0.5) is 0 Å². The smallest absolute Gasteiger partial charge is 0.270 e. The van der Waals surface area contributed by atoms with Crippen molar-refractivity contribution >= 4 is 16.8 Å². The van der Waals surface area contributed by atoms with Crippen LogP contribution in [-0.2, 0) is 0 Å². The number of rotatable bonds is 3. The van der Waals surface area contributed by atoms with Crippen LogP contribution < -0.4 is 0 Å². The number of nitrogens with zero attached hydrogens (tertiary/aromatic N) is 4. The first-order valence-corrected chi connectivity index (χ1v) is 8.99. The summed E-state index contributed by atoms with van der Waals surface area (Å²) in [5.41, 5.74) is 4.14.